The molecule has 1 fully saturated rings. The zero-order chi connectivity index (χ0) is 16.8. The first-order chi connectivity index (χ1) is 11.8. The van der Waals surface area contributed by atoms with Crippen LogP contribution < -0.4 is 10.2 Å². The predicted octanol–water partition coefficient (Wildman–Crippen LogP) is 3.05. The number of anilines is 1. The Morgan fingerprint density at radius 3 is 2.83 bits per heavy atom. The third-order valence-electron chi connectivity index (χ3n) is 4.37. The van der Waals surface area contributed by atoms with E-state index >= 15 is 0 Å². The number of nitrogens with zero attached hydrogens (tertiary/aromatic N) is 2. The number of benzene rings is 1. The molecule has 2 N–H and O–H groups in total. The van der Waals surface area contributed by atoms with Crippen LogP contribution >= 0.6 is 11.8 Å². The molecule has 2 heterocycles. The molecular weight excluding hydrogens is 318 g/mol. The second kappa shape index (κ2) is 8.51. The van der Waals surface area contributed by atoms with Gasteiger partial charge in [-0.25, -0.2) is 4.98 Å². The van der Waals surface area contributed by atoms with Gasteiger partial charge in [0.25, 0.3) is 0 Å². The lowest BCUT2D eigenvalue weighted by molar-refractivity contribution is 0.154. The monoisotopic (exact) mass is 343 g/mol. The lowest BCUT2D eigenvalue weighted by Gasteiger charge is -2.32. The van der Waals surface area contributed by atoms with Crippen LogP contribution in [0.1, 0.15) is 24.0 Å². The maximum Gasteiger partial charge on any atom is 0.133 e. The van der Waals surface area contributed by atoms with Crippen LogP contribution in [-0.2, 0) is 13.1 Å². The minimum Gasteiger partial charge on any atom is -0.391 e. The lowest BCUT2D eigenvalue weighted by atomic mass is 10.1. The van der Waals surface area contributed by atoms with E-state index in [1.807, 2.05) is 12.3 Å². The number of aliphatic hydroxyl groups excluding tert-OH is 1. The van der Waals surface area contributed by atoms with E-state index in [1.165, 1.54) is 16.0 Å². The average molecular weight is 343 g/mol. The topological polar surface area (TPSA) is 48.4 Å². The zero-order valence-electron chi connectivity index (χ0n) is 14.1. The van der Waals surface area contributed by atoms with Crippen LogP contribution in [0.2, 0.25) is 0 Å². The van der Waals surface area contributed by atoms with Crippen LogP contribution in [0.25, 0.3) is 0 Å². The first kappa shape index (κ1) is 17.3. The van der Waals surface area contributed by atoms with Crippen molar-refractivity contribution in [2.45, 2.75) is 36.9 Å². The SMILES string of the molecule is CSc1ccc(CNCc2cccnc2N2CCC[C@@H](O)C2)cc1. The van der Waals surface area contributed by atoms with Crippen LogP contribution in [0.4, 0.5) is 5.82 Å². The third-order valence-corrected chi connectivity index (χ3v) is 5.11. The quantitative estimate of drug-likeness (QED) is 0.790. The van der Waals surface area contributed by atoms with Gasteiger partial charge >= 0.3 is 0 Å². The summed E-state index contributed by atoms with van der Waals surface area (Å²) >= 11 is 1.76. The molecule has 0 bridgehead atoms. The molecule has 128 valence electrons. The molecule has 1 aliphatic rings. The summed E-state index contributed by atoms with van der Waals surface area (Å²) in [6.07, 6.45) is 5.60. The molecule has 1 aliphatic heterocycles. The molecule has 0 unspecified atom stereocenters. The summed E-state index contributed by atoms with van der Waals surface area (Å²) in [5.74, 6) is 1.00. The standard InChI is InChI=1S/C19H25N3OS/c1-24-18-8-6-15(7-9-18)12-20-13-16-4-2-10-21-19(16)22-11-3-5-17(23)14-22/h2,4,6-10,17,20,23H,3,5,11-14H2,1H3/t17-/m1/s1. The Kier molecular flexibility index (Phi) is 6.12. The van der Waals surface area contributed by atoms with Gasteiger partial charge in [0, 0.05) is 42.8 Å². The van der Waals surface area contributed by atoms with E-state index in [0.29, 0.717) is 6.54 Å². The second-order valence-corrected chi connectivity index (χ2v) is 7.06. The molecule has 0 radical (unpaired) electrons. The summed E-state index contributed by atoms with van der Waals surface area (Å²) < 4.78 is 0. The van der Waals surface area contributed by atoms with Crippen LogP contribution in [0.3, 0.4) is 0 Å². The normalized spacial score (nSPS) is 17.9. The number of aliphatic hydroxyl groups is 1. The molecule has 0 saturated carbocycles. The highest BCUT2D eigenvalue weighted by atomic mass is 32.2. The van der Waals surface area contributed by atoms with Crippen molar-refractivity contribution in [1.29, 1.82) is 0 Å². The Morgan fingerprint density at radius 2 is 2.08 bits per heavy atom. The Bertz CT molecular complexity index is 647. The largest absolute Gasteiger partial charge is 0.391 e. The lowest BCUT2D eigenvalue weighted by Crippen LogP contribution is -2.39. The molecule has 24 heavy (non-hydrogen) atoms. The maximum absolute atomic E-state index is 9.91. The van der Waals surface area contributed by atoms with Crippen molar-refractivity contribution in [3.8, 4) is 0 Å². The fraction of sp³-hybridized carbons (Fsp3) is 0.421. The molecule has 1 saturated heterocycles. The molecule has 1 aromatic carbocycles. The summed E-state index contributed by atoms with van der Waals surface area (Å²) in [6.45, 7) is 3.27. The number of hydrogen-bond donors (Lipinski definition) is 2. The smallest absolute Gasteiger partial charge is 0.133 e. The van der Waals surface area contributed by atoms with Gasteiger partial charge in [0.15, 0.2) is 0 Å². The number of thioether (sulfide) groups is 1. The van der Waals surface area contributed by atoms with Gasteiger partial charge in [0.05, 0.1) is 6.10 Å². The van der Waals surface area contributed by atoms with Gasteiger partial charge in [-0.3, -0.25) is 0 Å². The van der Waals surface area contributed by atoms with Crippen molar-refractivity contribution >= 4 is 17.6 Å². The number of pyridine rings is 1. The molecule has 1 aromatic heterocycles. The molecule has 0 spiro atoms. The summed E-state index contributed by atoms with van der Waals surface area (Å²) in [4.78, 5) is 8.05. The molecule has 3 rings (SSSR count). The third kappa shape index (κ3) is 4.50. The van der Waals surface area contributed by atoms with Gasteiger partial charge in [-0.15, -0.1) is 11.8 Å². The van der Waals surface area contributed by atoms with Crippen LogP contribution in [0.5, 0.6) is 0 Å². The van der Waals surface area contributed by atoms with Crippen molar-refractivity contribution in [2.24, 2.45) is 0 Å². The average Bonchev–Trinajstić information content (AvgIpc) is 2.63. The number of rotatable bonds is 6. The number of aromatic nitrogens is 1. The highest BCUT2D eigenvalue weighted by Gasteiger charge is 2.20. The van der Waals surface area contributed by atoms with Crippen molar-refractivity contribution < 1.29 is 5.11 Å². The Hall–Kier alpha value is -1.56. The van der Waals surface area contributed by atoms with Crippen molar-refractivity contribution in [2.75, 3.05) is 24.2 Å². The summed E-state index contributed by atoms with van der Waals surface area (Å²) in [5, 5.41) is 13.4. The number of hydrogen-bond acceptors (Lipinski definition) is 5. The molecule has 0 aliphatic carbocycles. The predicted molar refractivity (Wildman–Crippen MR) is 100 cm³/mol. The molecule has 4 nitrogen and oxygen atoms in total. The van der Waals surface area contributed by atoms with Crippen LogP contribution in [-0.4, -0.2) is 35.5 Å². The van der Waals surface area contributed by atoms with E-state index in [0.717, 1.165) is 38.3 Å². The van der Waals surface area contributed by atoms with E-state index in [4.69, 9.17) is 0 Å². The highest BCUT2D eigenvalue weighted by Crippen LogP contribution is 2.22. The molecular formula is C19H25N3OS. The summed E-state index contributed by atoms with van der Waals surface area (Å²) in [6, 6.07) is 12.8. The molecule has 5 heteroatoms. The van der Waals surface area contributed by atoms with Crippen molar-refractivity contribution in [3.05, 3.63) is 53.7 Å². The van der Waals surface area contributed by atoms with Crippen molar-refractivity contribution in [3.63, 3.8) is 0 Å². The Balaban J connectivity index is 1.60. The Labute approximate surface area is 148 Å². The first-order valence-electron chi connectivity index (χ1n) is 8.47. The van der Waals surface area contributed by atoms with E-state index < -0.39 is 0 Å². The van der Waals surface area contributed by atoms with E-state index in [9.17, 15) is 5.11 Å². The summed E-state index contributed by atoms with van der Waals surface area (Å²) in [7, 11) is 0. The van der Waals surface area contributed by atoms with Gasteiger partial charge in [-0.1, -0.05) is 18.2 Å². The molecule has 1 atom stereocenters. The van der Waals surface area contributed by atoms with Gasteiger partial charge in [-0.2, -0.15) is 0 Å². The van der Waals surface area contributed by atoms with Gasteiger partial charge in [0.2, 0.25) is 0 Å². The first-order valence-corrected chi connectivity index (χ1v) is 9.69. The summed E-state index contributed by atoms with van der Waals surface area (Å²) in [5.41, 5.74) is 2.47. The van der Waals surface area contributed by atoms with Gasteiger partial charge in [-0.05, 0) is 42.9 Å². The van der Waals surface area contributed by atoms with Gasteiger partial charge in [0.1, 0.15) is 5.82 Å². The van der Waals surface area contributed by atoms with E-state index in [-0.39, 0.29) is 6.10 Å². The van der Waals surface area contributed by atoms with Gasteiger partial charge < -0.3 is 15.3 Å². The van der Waals surface area contributed by atoms with E-state index in [2.05, 4.69) is 51.8 Å². The minimum absolute atomic E-state index is 0.239. The maximum atomic E-state index is 9.91. The number of piperidine rings is 1. The van der Waals surface area contributed by atoms with Crippen molar-refractivity contribution in [1.82, 2.24) is 10.3 Å². The van der Waals surface area contributed by atoms with E-state index in [1.54, 1.807) is 11.8 Å². The highest BCUT2D eigenvalue weighted by molar-refractivity contribution is 7.98. The minimum atomic E-state index is -0.239. The second-order valence-electron chi connectivity index (χ2n) is 6.18. The fourth-order valence-corrected chi connectivity index (χ4v) is 3.49. The zero-order valence-corrected chi connectivity index (χ0v) is 14.9. The number of nitrogens with one attached hydrogen (secondary N) is 1. The molecule has 0 amide bonds. The fourth-order valence-electron chi connectivity index (χ4n) is 3.08. The van der Waals surface area contributed by atoms with Crippen LogP contribution in [0, 0.1) is 0 Å². The Morgan fingerprint density at radius 1 is 1.25 bits per heavy atom. The van der Waals surface area contributed by atoms with Crippen LogP contribution in [0.15, 0.2) is 47.5 Å². The number of β-amino-alcohol motifs (C(OH)–C–C–N with tert-alkyl or cyclic N) is 1. The molecule has 2 aromatic rings.